The van der Waals surface area contributed by atoms with Crippen LogP contribution in [0.4, 0.5) is 17.1 Å². The summed E-state index contributed by atoms with van der Waals surface area (Å²) in [7, 11) is 0. The second-order valence-corrected chi connectivity index (χ2v) is 12.2. The minimum Gasteiger partial charge on any atom is -0.326 e. The predicted molar refractivity (Wildman–Crippen MR) is 193 cm³/mol. The first kappa shape index (κ1) is 33.7. The average molecular weight is 675 g/mol. The van der Waals surface area contributed by atoms with Crippen molar-refractivity contribution in [3.05, 3.63) is 161 Å². The second kappa shape index (κ2) is 16.3. The fourth-order valence-corrected chi connectivity index (χ4v) is 5.83. The Morgan fingerprint density at radius 3 is 1.88 bits per heavy atom. The Hall–Kier alpha value is -5.64. The molecule has 4 amide bonds. The van der Waals surface area contributed by atoms with Crippen LogP contribution in [0.1, 0.15) is 33.7 Å². The van der Waals surface area contributed by atoms with E-state index < -0.39 is 17.1 Å². The molecule has 10 heteroatoms. The summed E-state index contributed by atoms with van der Waals surface area (Å²) in [6.07, 6.45) is 1.56. The van der Waals surface area contributed by atoms with Crippen LogP contribution >= 0.6 is 23.4 Å². The highest BCUT2D eigenvalue weighted by molar-refractivity contribution is 8.00. The van der Waals surface area contributed by atoms with E-state index in [1.165, 1.54) is 18.7 Å². The molecule has 4 N–H and O–H groups in total. The Morgan fingerprint density at radius 1 is 0.667 bits per heavy atom. The molecule has 0 aliphatic heterocycles. The van der Waals surface area contributed by atoms with Gasteiger partial charge in [0.25, 0.3) is 11.8 Å². The first-order chi connectivity index (χ1) is 23.2. The molecule has 5 rings (SSSR count). The van der Waals surface area contributed by atoms with Gasteiger partial charge in [0.15, 0.2) is 0 Å². The van der Waals surface area contributed by atoms with E-state index in [1.807, 2.05) is 42.5 Å². The molecule has 0 aliphatic rings. The topological polar surface area (TPSA) is 116 Å². The van der Waals surface area contributed by atoms with Crippen molar-refractivity contribution in [2.45, 2.75) is 17.1 Å². The molecule has 0 saturated heterocycles. The van der Waals surface area contributed by atoms with Crippen LogP contribution in [0.5, 0.6) is 0 Å². The smallest absolute Gasteiger partial charge is 0.272 e. The van der Waals surface area contributed by atoms with Crippen molar-refractivity contribution in [1.82, 2.24) is 5.32 Å². The lowest BCUT2D eigenvalue weighted by atomic mass is 10.1. The number of halogens is 1. The molecular formula is C38H31ClN4O4S. The van der Waals surface area contributed by atoms with Gasteiger partial charge in [-0.1, -0.05) is 72.3 Å². The minimum absolute atomic E-state index is 0.0375. The van der Waals surface area contributed by atoms with E-state index in [1.54, 1.807) is 97.1 Å². The molecule has 0 heterocycles. The lowest BCUT2D eigenvalue weighted by Crippen LogP contribution is -2.30. The first-order valence-corrected chi connectivity index (χ1v) is 16.1. The van der Waals surface area contributed by atoms with Crippen molar-refractivity contribution < 1.29 is 19.2 Å². The number of carbonyl (C=O) groups excluding carboxylic acids is 4. The highest BCUT2D eigenvalue weighted by atomic mass is 35.5. The van der Waals surface area contributed by atoms with E-state index in [-0.39, 0.29) is 17.5 Å². The Balaban J connectivity index is 1.31. The second-order valence-electron chi connectivity index (χ2n) is 10.6. The summed E-state index contributed by atoms with van der Waals surface area (Å²) in [4.78, 5) is 52.1. The Kier molecular flexibility index (Phi) is 11.4. The van der Waals surface area contributed by atoms with Gasteiger partial charge in [0.2, 0.25) is 11.8 Å². The number of benzene rings is 5. The van der Waals surface area contributed by atoms with Crippen molar-refractivity contribution in [3.63, 3.8) is 0 Å². The molecule has 0 aromatic heterocycles. The molecule has 48 heavy (non-hydrogen) atoms. The molecule has 0 bridgehead atoms. The highest BCUT2D eigenvalue weighted by Crippen LogP contribution is 2.37. The van der Waals surface area contributed by atoms with Gasteiger partial charge in [-0.15, -0.1) is 11.8 Å². The average Bonchev–Trinajstić information content (AvgIpc) is 3.09. The van der Waals surface area contributed by atoms with Crippen LogP contribution in [-0.2, 0) is 14.4 Å². The standard InChI is InChI=1S/C38H31ClN4O4S/c1-25(44)40-30-15-17-31(18-16-30)42-38(47)35(27-10-4-2-5-11-27)48-33-21-19-32(20-22-33)41-37(46)34(24-26-9-8-14-29(39)23-26)43-36(45)28-12-6-3-7-13-28/h2-24,35H,1H3,(H,40,44)(H,41,46)(H,42,47)(H,43,45)/b34-24-. The predicted octanol–water partition coefficient (Wildman–Crippen LogP) is 8.18. The zero-order chi connectivity index (χ0) is 33.9. The van der Waals surface area contributed by atoms with Crippen LogP contribution < -0.4 is 21.3 Å². The van der Waals surface area contributed by atoms with Crippen LogP contribution in [0.25, 0.3) is 6.08 Å². The van der Waals surface area contributed by atoms with E-state index in [4.69, 9.17) is 11.6 Å². The highest BCUT2D eigenvalue weighted by Gasteiger charge is 2.23. The van der Waals surface area contributed by atoms with E-state index in [9.17, 15) is 19.2 Å². The van der Waals surface area contributed by atoms with Crippen molar-refractivity contribution in [2.24, 2.45) is 0 Å². The number of thioether (sulfide) groups is 1. The third-order valence-corrected chi connectivity index (χ3v) is 8.37. The van der Waals surface area contributed by atoms with Crippen LogP contribution in [0.15, 0.2) is 144 Å². The van der Waals surface area contributed by atoms with Gasteiger partial charge in [-0.2, -0.15) is 0 Å². The van der Waals surface area contributed by atoms with Crippen molar-refractivity contribution in [2.75, 3.05) is 16.0 Å². The summed E-state index contributed by atoms with van der Waals surface area (Å²) in [5.41, 5.74) is 3.62. The molecule has 0 saturated carbocycles. The van der Waals surface area contributed by atoms with Crippen molar-refractivity contribution >= 4 is 70.1 Å². The van der Waals surface area contributed by atoms with Gasteiger partial charge in [-0.3, -0.25) is 19.2 Å². The van der Waals surface area contributed by atoms with E-state index in [2.05, 4.69) is 21.3 Å². The SMILES string of the molecule is CC(=O)Nc1ccc(NC(=O)C(Sc2ccc(NC(=O)/C(=C/c3cccc(Cl)c3)NC(=O)c3ccccc3)cc2)c2ccccc2)cc1. The lowest BCUT2D eigenvalue weighted by Gasteiger charge is -2.18. The number of anilines is 3. The molecule has 0 fully saturated rings. The van der Waals surface area contributed by atoms with Crippen molar-refractivity contribution in [1.29, 1.82) is 0 Å². The van der Waals surface area contributed by atoms with Crippen molar-refractivity contribution in [3.8, 4) is 0 Å². The number of amides is 4. The van der Waals surface area contributed by atoms with Gasteiger partial charge in [0.1, 0.15) is 10.9 Å². The lowest BCUT2D eigenvalue weighted by molar-refractivity contribution is -0.116. The van der Waals surface area contributed by atoms with Gasteiger partial charge in [0.05, 0.1) is 0 Å². The summed E-state index contributed by atoms with van der Waals surface area (Å²) >= 11 is 7.51. The summed E-state index contributed by atoms with van der Waals surface area (Å²) in [6, 6.07) is 39.0. The number of hydrogen-bond acceptors (Lipinski definition) is 5. The molecule has 0 radical (unpaired) electrons. The molecule has 8 nitrogen and oxygen atoms in total. The molecule has 5 aromatic rings. The minimum atomic E-state index is -0.581. The van der Waals surface area contributed by atoms with Gasteiger partial charge in [0, 0.05) is 39.5 Å². The Bertz CT molecular complexity index is 1930. The molecule has 240 valence electrons. The van der Waals surface area contributed by atoms with Crippen LogP contribution in [0, 0.1) is 0 Å². The van der Waals surface area contributed by atoms with Crippen LogP contribution in [-0.4, -0.2) is 23.6 Å². The molecular weight excluding hydrogens is 644 g/mol. The largest absolute Gasteiger partial charge is 0.326 e. The first-order valence-electron chi connectivity index (χ1n) is 14.9. The quantitative estimate of drug-likeness (QED) is 0.0833. The monoisotopic (exact) mass is 674 g/mol. The van der Waals surface area contributed by atoms with E-state index >= 15 is 0 Å². The fraction of sp³-hybridized carbons (Fsp3) is 0.0526. The summed E-state index contributed by atoms with van der Waals surface area (Å²) < 4.78 is 0. The fourth-order valence-electron chi connectivity index (χ4n) is 4.61. The van der Waals surface area contributed by atoms with Gasteiger partial charge < -0.3 is 21.3 Å². The molecule has 5 aromatic carbocycles. The van der Waals surface area contributed by atoms with E-state index in [0.29, 0.717) is 33.2 Å². The summed E-state index contributed by atoms with van der Waals surface area (Å²) in [5.74, 6) is -1.35. The Labute approximate surface area is 287 Å². The maximum atomic E-state index is 13.5. The maximum absolute atomic E-state index is 13.5. The van der Waals surface area contributed by atoms with Crippen LogP contribution in [0.2, 0.25) is 5.02 Å². The summed E-state index contributed by atoms with van der Waals surface area (Å²) in [6.45, 7) is 1.43. The summed E-state index contributed by atoms with van der Waals surface area (Å²) in [5, 5.41) is 11.2. The van der Waals surface area contributed by atoms with Gasteiger partial charge >= 0.3 is 0 Å². The number of nitrogens with one attached hydrogen (secondary N) is 4. The third-order valence-electron chi connectivity index (χ3n) is 6.87. The molecule has 0 spiro atoms. The third kappa shape index (κ3) is 9.68. The number of rotatable bonds is 11. The maximum Gasteiger partial charge on any atom is 0.272 e. The number of hydrogen-bond donors (Lipinski definition) is 4. The zero-order valence-corrected chi connectivity index (χ0v) is 27.3. The molecule has 1 atom stereocenters. The Morgan fingerprint density at radius 2 is 1.25 bits per heavy atom. The normalized spacial score (nSPS) is 11.6. The van der Waals surface area contributed by atoms with E-state index in [0.717, 1.165) is 10.5 Å². The van der Waals surface area contributed by atoms with Gasteiger partial charge in [-0.25, -0.2) is 0 Å². The zero-order valence-electron chi connectivity index (χ0n) is 25.8. The molecule has 1 unspecified atom stereocenters. The van der Waals surface area contributed by atoms with Crippen LogP contribution in [0.3, 0.4) is 0 Å². The molecule has 0 aliphatic carbocycles. The van der Waals surface area contributed by atoms with Gasteiger partial charge in [-0.05, 0) is 90.0 Å². The number of carbonyl (C=O) groups is 4.